The van der Waals surface area contributed by atoms with E-state index < -0.39 is 17.2 Å². The molecule has 0 bridgehead atoms. The normalized spacial score (nSPS) is 10.8. The summed E-state index contributed by atoms with van der Waals surface area (Å²) in [4.78, 5) is 13.0. The number of aromatic nitrogens is 1. The van der Waals surface area contributed by atoms with Gasteiger partial charge in [-0.15, -0.1) is 0 Å². The number of pyridine rings is 1. The molecule has 0 atom stereocenters. The minimum absolute atomic E-state index is 0.152. The Bertz CT molecular complexity index is 1110. The zero-order chi connectivity index (χ0) is 21.1. The van der Waals surface area contributed by atoms with Gasteiger partial charge in [-0.3, -0.25) is 9.36 Å². The van der Waals surface area contributed by atoms with E-state index in [1.165, 1.54) is 17.7 Å². The molecule has 0 aliphatic heterocycles. The van der Waals surface area contributed by atoms with Gasteiger partial charge in [-0.25, -0.2) is 8.78 Å². The van der Waals surface area contributed by atoms with E-state index in [4.69, 9.17) is 9.47 Å². The van der Waals surface area contributed by atoms with Crippen LogP contribution in [0.4, 0.5) is 8.78 Å². The Balaban J connectivity index is 1.98. The molecule has 1 heterocycles. The summed E-state index contributed by atoms with van der Waals surface area (Å²) in [6, 6.07) is 9.87. The highest BCUT2D eigenvalue weighted by Gasteiger charge is 2.17. The van der Waals surface area contributed by atoms with Crippen LogP contribution in [0.25, 0.3) is 5.69 Å². The van der Waals surface area contributed by atoms with Gasteiger partial charge < -0.3 is 14.6 Å². The van der Waals surface area contributed by atoms with Gasteiger partial charge in [0.1, 0.15) is 34.2 Å². The number of nitrogens with zero attached hydrogens (tertiary/aromatic N) is 1. The van der Waals surface area contributed by atoms with E-state index >= 15 is 0 Å². The second kappa shape index (κ2) is 8.75. The fourth-order valence-electron chi connectivity index (χ4n) is 2.89. The third kappa shape index (κ3) is 4.33. The fourth-order valence-corrected chi connectivity index (χ4v) is 3.29. The lowest BCUT2D eigenvalue weighted by Gasteiger charge is -2.17. The first-order chi connectivity index (χ1) is 13.8. The molecular formula is C21H18BrF2NO4. The molecule has 0 aliphatic carbocycles. The highest BCUT2D eigenvalue weighted by molar-refractivity contribution is 9.10. The molecule has 8 heteroatoms. The maximum atomic E-state index is 13.8. The lowest BCUT2D eigenvalue weighted by atomic mass is 10.2. The molecule has 3 aromatic rings. The number of ether oxygens (including phenoxy) is 2. The Morgan fingerprint density at radius 1 is 1.10 bits per heavy atom. The summed E-state index contributed by atoms with van der Waals surface area (Å²) in [6.07, 6.45) is 0. The Hall–Kier alpha value is -2.71. The molecule has 2 aromatic carbocycles. The highest BCUT2D eigenvalue weighted by atomic mass is 79.9. The Kier molecular flexibility index (Phi) is 6.34. The van der Waals surface area contributed by atoms with E-state index in [0.29, 0.717) is 22.7 Å². The molecule has 0 unspecified atom stereocenters. The summed E-state index contributed by atoms with van der Waals surface area (Å²) in [7, 11) is 1.48. The molecule has 5 nitrogen and oxygen atoms in total. The van der Waals surface area contributed by atoms with Crippen LogP contribution < -0.4 is 15.0 Å². The van der Waals surface area contributed by atoms with Gasteiger partial charge in [-0.05, 0) is 52.7 Å². The first-order valence-electron chi connectivity index (χ1n) is 8.62. The Morgan fingerprint density at radius 3 is 2.52 bits per heavy atom. The van der Waals surface area contributed by atoms with E-state index in [1.54, 1.807) is 31.2 Å². The average Bonchev–Trinajstić information content (AvgIpc) is 2.71. The minimum atomic E-state index is -0.722. The number of hydrogen-bond acceptors (Lipinski definition) is 4. The maximum Gasteiger partial charge on any atom is 0.273 e. The topological polar surface area (TPSA) is 60.7 Å². The van der Waals surface area contributed by atoms with Crippen molar-refractivity contribution in [3.63, 3.8) is 0 Å². The van der Waals surface area contributed by atoms with Gasteiger partial charge >= 0.3 is 0 Å². The molecule has 0 amide bonds. The van der Waals surface area contributed by atoms with Gasteiger partial charge in [0.15, 0.2) is 0 Å². The zero-order valence-corrected chi connectivity index (χ0v) is 17.3. The SMILES string of the molecule is COc1cc(CO)ccc1-n1c(C)cc(OCc2ccc(F)cc2F)c(Br)c1=O. The van der Waals surface area contributed by atoms with Crippen LogP contribution in [0, 0.1) is 18.6 Å². The largest absolute Gasteiger partial charge is 0.495 e. The van der Waals surface area contributed by atoms with E-state index in [2.05, 4.69) is 15.9 Å². The van der Waals surface area contributed by atoms with Crippen LogP contribution in [0.15, 0.2) is 51.7 Å². The van der Waals surface area contributed by atoms with Crippen molar-refractivity contribution in [1.82, 2.24) is 4.57 Å². The Morgan fingerprint density at radius 2 is 1.86 bits per heavy atom. The standard InChI is InChI=1S/C21H18BrF2NO4/c1-12-7-19(29-11-14-4-5-15(23)9-16(14)24)20(22)21(27)25(12)17-6-3-13(10-26)8-18(17)28-2/h3-9,26H,10-11H2,1-2H3. The molecule has 0 saturated heterocycles. The van der Waals surface area contributed by atoms with Crippen LogP contribution in [0.2, 0.25) is 0 Å². The van der Waals surface area contributed by atoms with E-state index in [-0.39, 0.29) is 29.0 Å². The molecule has 0 spiro atoms. The van der Waals surface area contributed by atoms with Crippen molar-refractivity contribution in [2.24, 2.45) is 0 Å². The zero-order valence-electron chi connectivity index (χ0n) is 15.7. The average molecular weight is 466 g/mol. The monoisotopic (exact) mass is 465 g/mol. The first kappa shape index (κ1) is 21.0. The van der Waals surface area contributed by atoms with Gasteiger partial charge in [-0.1, -0.05) is 6.07 Å². The van der Waals surface area contributed by atoms with Crippen molar-refractivity contribution in [2.75, 3.05) is 7.11 Å². The number of aryl methyl sites for hydroxylation is 1. The van der Waals surface area contributed by atoms with E-state index in [0.717, 1.165) is 12.1 Å². The molecule has 0 radical (unpaired) electrons. The first-order valence-corrected chi connectivity index (χ1v) is 9.42. The molecular weight excluding hydrogens is 448 g/mol. The quantitative estimate of drug-likeness (QED) is 0.590. The minimum Gasteiger partial charge on any atom is -0.495 e. The summed E-state index contributed by atoms with van der Waals surface area (Å²) in [6.45, 7) is 1.40. The summed E-state index contributed by atoms with van der Waals surface area (Å²) >= 11 is 3.25. The lowest BCUT2D eigenvalue weighted by Crippen LogP contribution is -2.22. The number of benzene rings is 2. The van der Waals surface area contributed by atoms with Crippen molar-refractivity contribution in [2.45, 2.75) is 20.1 Å². The molecule has 1 N–H and O–H groups in total. The molecule has 0 aliphatic rings. The number of aliphatic hydroxyl groups excluding tert-OH is 1. The van der Waals surface area contributed by atoms with Crippen molar-refractivity contribution in [1.29, 1.82) is 0 Å². The summed E-state index contributed by atoms with van der Waals surface area (Å²) in [5.74, 6) is -0.735. The van der Waals surface area contributed by atoms with Crippen molar-refractivity contribution in [3.05, 3.63) is 85.7 Å². The van der Waals surface area contributed by atoms with Gasteiger partial charge in [0.05, 0.1) is 19.4 Å². The summed E-state index contributed by atoms with van der Waals surface area (Å²) in [5.41, 5.74) is 1.49. The molecule has 29 heavy (non-hydrogen) atoms. The van der Waals surface area contributed by atoms with Crippen LogP contribution in [-0.2, 0) is 13.2 Å². The van der Waals surface area contributed by atoms with Crippen LogP contribution in [0.3, 0.4) is 0 Å². The van der Waals surface area contributed by atoms with Gasteiger partial charge in [0.2, 0.25) is 0 Å². The van der Waals surface area contributed by atoms with E-state index in [9.17, 15) is 18.7 Å². The van der Waals surface area contributed by atoms with E-state index in [1.807, 2.05) is 0 Å². The number of aliphatic hydroxyl groups is 1. The molecule has 1 aromatic heterocycles. The van der Waals surface area contributed by atoms with Crippen molar-refractivity contribution >= 4 is 15.9 Å². The fraction of sp³-hybridized carbons (Fsp3) is 0.190. The predicted molar refractivity (Wildman–Crippen MR) is 108 cm³/mol. The van der Waals surface area contributed by atoms with Crippen LogP contribution in [-0.4, -0.2) is 16.8 Å². The number of halogens is 3. The van der Waals surface area contributed by atoms with Crippen LogP contribution >= 0.6 is 15.9 Å². The number of rotatable bonds is 6. The summed E-state index contributed by atoms with van der Waals surface area (Å²) in [5, 5.41) is 9.30. The van der Waals surface area contributed by atoms with Crippen LogP contribution in [0.1, 0.15) is 16.8 Å². The van der Waals surface area contributed by atoms with Crippen molar-refractivity contribution in [3.8, 4) is 17.2 Å². The van der Waals surface area contributed by atoms with Gasteiger partial charge in [0.25, 0.3) is 5.56 Å². The summed E-state index contributed by atoms with van der Waals surface area (Å²) < 4.78 is 39.4. The van der Waals surface area contributed by atoms with Gasteiger partial charge in [-0.2, -0.15) is 0 Å². The van der Waals surface area contributed by atoms with Gasteiger partial charge in [0, 0.05) is 23.4 Å². The second-order valence-electron chi connectivity index (χ2n) is 6.29. The molecule has 0 saturated carbocycles. The van der Waals surface area contributed by atoms with Crippen molar-refractivity contribution < 1.29 is 23.4 Å². The third-order valence-electron chi connectivity index (χ3n) is 4.37. The number of methoxy groups -OCH3 is 1. The molecule has 3 rings (SSSR count). The Labute approximate surface area is 174 Å². The van der Waals surface area contributed by atoms with Crippen LogP contribution in [0.5, 0.6) is 11.5 Å². The maximum absolute atomic E-state index is 13.8. The smallest absolute Gasteiger partial charge is 0.273 e. The second-order valence-corrected chi connectivity index (χ2v) is 7.09. The number of hydrogen-bond donors (Lipinski definition) is 1. The predicted octanol–water partition coefficient (Wildman–Crippen LogP) is 4.27. The highest BCUT2D eigenvalue weighted by Crippen LogP contribution is 2.29. The third-order valence-corrected chi connectivity index (χ3v) is 5.10. The molecule has 152 valence electrons. The lowest BCUT2D eigenvalue weighted by molar-refractivity contribution is 0.281. The molecule has 0 fully saturated rings.